The van der Waals surface area contributed by atoms with Gasteiger partial charge in [-0.2, -0.15) is 18.3 Å². The topological polar surface area (TPSA) is 80.1 Å². The molecular weight excluding hydrogens is 411 g/mol. The van der Waals surface area contributed by atoms with Gasteiger partial charge >= 0.3 is 6.18 Å². The van der Waals surface area contributed by atoms with E-state index >= 15 is 0 Å². The number of nitrogens with zero attached hydrogens (tertiary/aromatic N) is 4. The first-order valence-electron chi connectivity index (χ1n) is 9.45. The third-order valence-corrected chi connectivity index (χ3v) is 5.13. The summed E-state index contributed by atoms with van der Waals surface area (Å²) >= 11 is 0. The van der Waals surface area contributed by atoms with Gasteiger partial charge in [-0.1, -0.05) is 0 Å². The van der Waals surface area contributed by atoms with Crippen LogP contribution in [-0.2, 0) is 6.18 Å². The summed E-state index contributed by atoms with van der Waals surface area (Å²) in [6.07, 6.45) is -0.00315. The van der Waals surface area contributed by atoms with Gasteiger partial charge in [0.2, 0.25) is 0 Å². The highest BCUT2D eigenvalue weighted by atomic mass is 19.4. The molecular formula is C21H18F3N5O2. The van der Waals surface area contributed by atoms with Crippen molar-refractivity contribution >= 4 is 23.2 Å². The van der Waals surface area contributed by atoms with Crippen molar-refractivity contribution in [3.8, 4) is 0 Å². The Bertz CT molecular complexity index is 1150. The predicted octanol–water partition coefficient (Wildman–Crippen LogP) is 4.08. The molecule has 1 atom stereocenters. The van der Waals surface area contributed by atoms with Crippen LogP contribution in [0.15, 0.2) is 48.9 Å². The number of aromatic nitrogens is 3. The Labute approximate surface area is 175 Å². The van der Waals surface area contributed by atoms with Crippen molar-refractivity contribution in [1.82, 2.24) is 14.8 Å². The average Bonchev–Trinajstić information content (AvgIpc) is 3.18. The number of benzene rings is 1. The second-order valence-electron chi connectivity index (χ2n) is 7.31. The Hall–Kier alpha value is -3.69. The number of carbonyl (C=O) groups is 2. The van der Waals surface area contributed by atoms with Gasteiger partial charge in [-0.05, 0) is 49.7 Å². The number of carbonyl (C=O) groups excluding carboxylic acids is 2. The van der Waals surface area contributed by atoms with Crippen LogP contribution >= 0.6 is 0 Å². The van der Waals surface area contributed by atoms with Gasteiger partial charge in [0, 0.05) is 30.3 Å². The first-order valence-corrected chi connectivity index (χ1v) is 9.45. The molecule has 31 heavy (non-hydrogen) atoms. The molecule has 2 amide bonds. The summed E-state index contributed by atoms with van der Waals surface area (Å²) in [6.45, 7) is 3.81. The third-order valence-electron chi connectivity index (χ3n) is 5.13. The van der Waals surface area contributed by atoms with Crippen LogP contribution in [0.1, 0.15) is 44.9 Å². The third kappa shape index (κ3) is 3.76. The molecule has 0 aliphatic carbocycles. The molecule has 1 aliphatic rings. The van der Waals surface area contributed by atoms with Crippen LogP contribution in [0.4, 0.5) is 24.5 Å². The normalized spacial score (nSPS) is 16.2. The Morgan fingerprint density at radius 2 is 1.87 bits per heavy atom. The lowest BCUT2D eigenvalue weighted by Crippen LogP contribution is -2.43. The van der Waals surface area contributed by atoms with E-state index in [1.54, 1.807) is 19.2 Å². The van der Waals surface area contributed by atoms with E-state index in [0.29, 0.717) is 11.4 Å². The van der Waals surface area contributed by atoms with Crippen molar-refractivity contribution in [2.24, 2.45) is 0 Å². The SMILES string of the molecule is Cc1cnccc1NC(=O)c1cnn2c1C(=O)N(c1ccc(C(F)(F)F)cc1)C[C@@H]2C. The molecule has 0 saturated carbocycles. The number of pyridine rings is 1. The largest absolute Gasteiger partial charge is 0.416 e. The molecule has 3 heterocycles. The lowest BCUT2D eigenvalue weighted by molar-refractivity contribution is -0.137. The summed E-state index contributed by atoms with van der Waals surface area (Å²) < 4.78 is 40.1. The minimum Gasteiger partial charge on any atom is -0.322 e. The van der Waals surface area contributed by atoms with Gasteiger partial charge in [-0.25, -0.2) is 0 Å². The molecule has 0 spiro atoms. The fourth-order valence-electron chi connectivity index (χ4n) is 3.48. The Balaban J connectivity index is 1.66. The van der Waals surface area contributed by atoms with Crippen molar-refractivity contribution < 1.29 is 22.8 Å². The zero-order chi connectivity index (χ0) is 22.3. The molecule has 3 aromatic rings. The van der Waals surface area contributed by atoms with E-state index in [4.69, 9.17) is 0 Å². The number of halogens is 3. The number of fused-ring (bicyclic) bond motifs is 1. The number of alkyl halides is 3. The van der Waals surface area contributed by atoms with E-state index < -0.39 is 23.6 Å². The highest BCUT2D eigenvalue weighted by Gasteiger charge is 2.36. The molecule has 0 bridgehead atoms. The van der Waals surface area contributed by atoms with Gasteiger partial charge in [0.15, 0.2) is 0 Å². The highest BCUT2D eigenvalue weighted by molar-refractivity contribution is 6.15. The second kappa shape index (κ2) is 7.53. The van der Waals surface area contributed by atoms with E-state index in [1.807, 2.05) is 6.92 Å². The Morgan fingerprint density at radius 3 is 2.52 bits per heavy atom. The number of hydrogen-bond acceptors (Lipinski definition) is 4. The number of anilines is 2. The van der Waals surface area contributed by atoms with Gasteiger partial charge in [0.05, 0.1) is 23.4 Å². The minimum absolute atomic E-state index is 0.0860. The second-order valence-corrected chi connectivity index (χ2v) is 7.31. The van der Waals surface area contributed by atoms with Gasteiger partial charge in [-0.15, -0.1) is 0 Å². The molecule has 4 rings (SSSR count). The summed E-state index contributed by atoms with van der Waals surface area (Å²) in [5.41, 5.74) is 0.992. The fraction of sp³-hybridized carbons (Fsp3) is 0.238. The van der Waals surface area contributed by atoms with Crippen molar-refractivity contribution in [2.75, 3.05) is 16.8 Å². The first-order chi connectivity index (χ1) is 14.7. The Morgan fingerprint density at radius 1 is 1.16 bits per heavy atom. The van der Waals surface area contributed by atoms with Crippen molar-refractivity contribution in [3.63, 3.8) is 0 Å². The Kier molecular flexibility index (Phi) is 5.00. The molecule has 1 N–H and O–H groups in total. The lowest BCUT2D eigenvalue weighted by Gasteiger charge is -2.32. The van der Waals surface area contributed by atoms with Crippen LogP contribution in [0.2, 0.25) is 0 Å². The van der Waals surface area contributed by atoms with Crippen molar-refractivity contribution in [2.45, 2.75) is 26.1 Å². The molecule has 1 aliphatic heterocycles. The number of amides is 2. The maximum Gasteiger partial charge on any atom is 0.416 e. The van der Waals surface area contributed by atoms with Crippen LogP contribution in [0, 0.1) is 6.92 Å². The highest BCUT2D eigenvalue weighted by Crippen LogP contribution is 2.33. The fourth-order valence-corrected chi connectivity index (χ4v) is 3.48. The number of hydrogen-bond donors (Lipinski definition) is 1. The molecule has 0 radical (unpaired) electrons. The molecule has 1 aromatic carbocycles. The summed E-state index contributed by atoms with van der Waals surface area (Å²) in [5.74, 6) is -1.02. The molecule has 2 aromatic heterocycles. The molecule has 0 fully saturated rings. The zero-order valence-corrected chi connectivity index (χ0v) is 16.6. The summed E-state index contributed by atoms with van der Waals surface area (Å²) in [5, 5.41) is 6.94. The summed E-state index contributed by atoms with van der Waals surface area (Å²) in [7, 11) is 0. The van der Waals surface area contributed by atoms with Gasteiger partial charge in [0.1, 0.15) is 5.69 Å². The minimum atomic E-state index is -4.47. The maximum atomic E-state index is 13.2. The number of aryl methyl sites for hydroxylation is 1. The molecule has 160 valence electrons. The van der Waals surface area contributed by atoms with E-state index in [2.05, 4.69) is 15.4 Å². The molecule has 0 unspecified atom stereocenters. The van der Waals surface area contributed by atoms with Gasteiger partial charge in [0.25, 0.3) is 11.8 Å². The first kappa shape index (κ1) is 20.6. The van der Waals surface area contributed by atoms with E-state index in [-0.39, 0.29) is 23.8 Å². The smallest absolute Gasteiger partial charge is 0.322 e. The van der Waals surface area contributed by atoms with Gasteiger partial charge in [-0.3, -0.25) is 19.3 Å². The molecule has 10 heteroatoms. The molecule has 7 nitrogen and oxygen atoms in total. The van der Waals surface area contributed by atoms with E-state index in [9.17, 15) is 22.8 Å². The number of rotatable bonds is 3. The van der Waals surface area contributed by atoms with Crippen LogP contribution < -0.4 is 10.2 Å². The zero-order valence-electron chi connectivity index (χ0n) is 16.6. The van der Waals surface area contributed by atoms with Crippen molar-refractivity contribution in [1.29, 1.82) is 0 Å². The quantitative estimate of drug-likeness (QED) is 0.681. The van der Waals surface area contributed by atoms with Crippen LogP contribution in [0.5, 0.6) is 0 Å². The van der Waals surface area contributed by atoms with E-state index in [1.165, 1.54) is 34.1 Å². The monoisotopic (exact) mass is 429 g/mol. The predicted molar refractivity (Wildman–Crippen MR) is 107 cm³/mol. The van der Waals surface area contributed by atoms with E-state index in [0.717, 1.165) is 17.7 Å². The number of nitrogens with one attached hydrogen (secondary N) is 1. The summed E-state index contributed by atoms with van der Waals surface area (Å²) in [4.78, 5) is 31.4. The van der Waals surface area contributed by atoms with Crippen LogP contribution in [0.3, 0.4) is 0 Å². The van der Waals surface area contributed by atoms with Crippen LogP contribution in [-0.4, -0.2) is 33.1 Å². The summed E-state index contributed by atoms with van der Waals surface area (Å²) in [6, 6.07) is 5.72. The lowest BCUT2D eigenvalue weighted by atomic mass is 10.1. The maximum absolute atomic E-state index is 13.2. The van der Waals surface area contributed by atoms with Crippen LogP contribution in [0.25, 0.3) is 0 Å². The molecule has 0 saturated heterocycles. The average molecular weight is 429 g/mol. The standard InChI is InChI=1S/C21H18F3N5O2/c1-12-9-25-8-7-17(12)27-19(30)16-10-26-29-13(2)11-28(20(31)18(16)29)15-5-3-14(4-6-15)21(22,23)24/h3-10,13H,11H2,1-2H3,(H,25,27,30)/t13-/m0/s1. The van der Waals surface area contributed by atoms with Gasteiger partial charge < -0.3 is 10.2 Å². The van der Waals surface area contributed by atoms with Crippen molar-refractivity contribution in [3.05, 3.63) is 71.3 Å².